The Morgan fingerprint density at radius 1 is 1.23 bits per heavy atom. The van der Waals surface area contributed by atoms with Crippen LogP contribution in [0.2, 0.25) is 5.02 Å². The van der Waals surface area contributed by atoms with E-state index in [0.717, 1.165) is 5.56 Å². The summed E-state index contributed by atoms with van der Waals surface area (Å²) in [5.41, 5.74) is 1.60. The van der Waals surface area contributed by atoms with Crippen molar-refractivity contribution in [3.05, 3.63) is 68.0 Å². The molecule has 2 aromatic carbocycles. The maximum absolute atomic E-state index is 13.5. The molecule has 0 fully saturated rings. The number of amides is 1. The zero-order chi connectivity index (χ0) is 22.3. The SMILES string of the molecule is CCOc1cc([C@H]2c3c(oc4cc(C)c(Cl)cc4c3=O)C(=O)N2CCOC)ccc1O. The normalized spacial score (nSPS) is 15.5. The van der Waals surface area contributed by atoms with E-state index in [1.165, 1.54) is 11.0 Å². The number of rotatable bonds is 6. The van der Waals surface area contributed by atoms with Gasteiger partial charge >= 0.3 is 0 Å². The Morgan fingerprint density at radius 3 is 2.71 bits per heavy atom. The Balaban J connectivity index is 1.97. The zero-order valence-corrected chi connectivity index (χ0v) is 18.2. The summed E-state index contributed by atoms with van der Waals surface area (Å²) in [5, 5.41) is 10.8. The highest BCUT2D eigenvalue weighted by atomic mass is 35.5. The Labute approximate surface area is 183 Å². The van der Waals surface area contributed by atoms with Gasteiger partial charge in [0.15, 0.2) is 16.9 Å². The van der Waals surface area contributed by atoms with Crippen LogP contribution in [0.3, 0.4) is 0 Å². The lowest BCUT2D eigenvalue weighted by Crippen LogP contribution is -2.32. The number of ether oxygens (including phenoxy) is 2. The Morgan fingerprint density at radius 2 is 2.00 bits per heavy atom. The minimum atomic E-state index is -0.710. The maximum Gasteiger partial charge on any atom is 0.290 e. The molecule has 3 aromatic rings. The average molecular weight is 444 g/mol. The molecule has 31 heavy (non-hydrogen) atoms. The highest BCUT2D eigenvalue weighted by molar-refractivity contribution is 6.32. The van der Waals surface area contributed by atoms with Gasteiger partial charge in [-0.15, -0.1) is 0 Å². The summed E-state index contributed by atoms with van der Waals surface area (Å²) in [7, 11) is 1.54. The molecular formula is C23H22ClNO6. The Kier molecular flexibility index (Phi) is 5.64. The van der Waals surface area contributed by atoms with Crippen LogP contribution in [-0.2, 0) is 4.74 Å². The molecule has 1 amide bonds. The molecule has 1 aromatic heterocycles. The molecule has 0 radical (unpaired) electrons. The van der Waals surface area contributed by atoms with Gasteiger partial charge in [-0.2, -0.15) is 0 Å². The molecule has 1 aliphatic heterocycles. The van der Waals surface area contributed by atoms with Gasteiger partial charge in [-0.1, -0.05) is 17.7 Å². The van der Waals surface area contributed by atoms with Gasteiger partial charge in [-0.25, -0.2) is 0 Å². The number of hydrogen-bond donors (Lipinski definition) is 1. The lowest BCUT2D eigenvalue weighted by molar-refractivity contribution is 0.0663. The number of phenolic OH excluding ortho intramolecular Hbond substituents is 1. The van der Waals surface area contributed by atoms with E-state index in [0.29, 0.717) is 28.2 Å². The summed E-state index contributed by atoms with van der Waals surface area (Å²) in [6.07, 6.45) is 0. The Hall–Kier alpha value is -3.03. The molecule has 8 heteroatoms. The number of carbonyl (C=O) groups excluding carboxylic acids is 1. The van der Waals surface area contributed by atoms with E-state index in [1.54, 1.807) is 45.2 Å². The number of halogens is 1. The number of nitrogens with zero attached hydrogens (tertiary/aromatic N) is 1. The first-order valence-electron chi connectivity index (χ1n) is 9.89. The van der Waals surface area contributed by atoms with Gasteiger partial charge in [-0.05, 0) is 49.2 Å². The van der Waals surface area contributed by atoms with Crippen LogP contribution in [0.15, 0.2) is 39.5 Å². The van der Waals surface area contributed by atoms with Crippen LogP contribution < -0.4 is 10.2 Å². The number of fused-ring (bicyclic) bond motifs is 2. The van der Waals surface area contributed by atoms with Crippen molar-refractivity contribution in [1.82, 2.24) is 4.90 Å². The summed E-state index contributed by atoms with van der Waals surface area (Å²) >= 11 is 6.24. The van der Waals surface area contributed by atoms with Gasteiger partial charge in [0.2, 0.25) is 5.76 Å². The Bertz CT molecular complexity index is 1230. The summed E-state index contributed by atoms with van der Waals surface area (Å²) in [6.45, 7) is 4.50. The average Bonchev–Trinajstić information content (AvgIpc) is 3.02. The van der Waals surface area contributed by atoms with Crippen molar-refractivity contribution >= 4 is 28.5 Å². The van der Waals surface area contributed by atoms with E-state index in [1.807, 2.05) is 0 Å². The van der Waals surface area contributed by atoms with Crippen molar-refractivity contribution in [2.24, 2.45) is 0 Å². The van der Waals surface area contributed by atoms with Crippen LogP contribution in [0, 0.1) is 6.92 Å². The number of hydrogen-bond acceptors (Lipinski definition) is 6. The molecule has 1 N–H and O–H groups in total. The minimum Gasteiger partial charge on any atom is -0.504 e. The molecule has 0 aliphatic carbocycles. The van der Waals surface area contributed by atoms with Gasteiger partial charge in [0.25, 0.3) is 5.91 Å². The highest BCUT2D eigenvalue weighted by Crippen LogP contribution is 2.41. The second kappa shape index (κ2) is 8.24. The van der Waals surface area contributed by atoms with E-state index in [2.05, 4.69) is 0 Å². The van der Waals surface area contributed by atoms with Crippen LogP contribution in [0.5, 0.6) is 11.5 Å². The fourth-order valence-electron chi connectivity index (χ4n) is 3.88. The lowest BCUT2D eigenvalue weighted by atomic mass is 9.98. The van der Waals surface area contributed by atoms with E-state index in [-0.39, 0.29) is 41.4 Å². The third kappa shape index (κ3) is 3.54. The quantitative estimate of drug-likeness (QED) is 0.618. The second-order valence-electron chi connectivity index (χ2n) is 7.33. The van der Waals surface area contributed by atoms with Crippen molar-refractivity contribution in [3.63, 3.8) is 0 Å². The van der Waals surface area contributed by atoms with Gasteiger partial charge in [0.05, 0.1) is 30.2 Å². The predicted molar refractivity (Wildman–Crippen MR) is 116 cm³/mol. The molecule has 162 valence electrons. The number of carbonyl (C=O) groups is 1. The van der Waals surface area contributed by atoms with Crippen LogP contribution in [0.25, 0.3) is 11.0 Å². The van der Waals surface area contributed by atoms with Gasteiger partial charge < -0.3 is 23.9 Å². The maximum atomic E-state index is 13.5. The molecule has 1 atom stereocenters. The monoisotopic (exact) mass is 443 g/mol. The van der Waals surface area contributed by atoms with Crippen molar-refractivity contribution in [3.8, 4) is 11.5 Å². The molecule has 0 saturated carbocycles. The standard InChI is InChI=1S/C23H22ClNO6/c1-4-30-18-10-13(5-6-16(18)26)20-19-21(27)14-11-15(24)12(2)9-17(14)31-22(19)23(28)25(20)7-8-29-3/h5-6,9-11,20,26H,4,7-8H2,1-3H3/t20-/m0/s1. The summed E-state index contributed by atoms with van der Waals surface area (Å²) in [4.78, 5) is 28.3. The van der Waals surface area contributed by atoms with Gasteiger partial charge in [-0.3, -0.25) is 9.59 Å². The molecule has 0 unspecified atom stereocenters. The number of methoxy groups -OCH3 is 1. The largest absolute Gasteiger partial charge is 0.504 e. The third-order valence-electron chi connectivity index (χ3n) is 5.38. The minimum absolute atomic E-state index is 0.00589. The molecule has 1 aliphatic rings. The predicted octanol–water partition coefficient (Wildman–Crippen LogP) is 4.05. The summed E-state index contributed by atoms with van der Waals surface area (Å²) in [5.74, 6) is -0.135. The molecule has 4 rings (SSSR count). The van der Waals surface area contributed by atoms with Crippen molar-refractivity contribution < 1.29 is 23.8 Å². The van der Waals surface area contributed by atoms with Crippen LogP contribution in [0.4, 0.5) is 0 Å². The third-order valence-corrected chi connectivity index (χ3v) is 5.79. The van der Waals surface area contributed by atoms with E-state index in [9.17, 15) is 14.7 Å². The van der Waals surface area contributed by atoms with E-state index in [4.69, 9.17) is 25.5 Å². The second-order valence-corrected chi connectivity index (χ2v) is 7.73. The smallest absolute Gasteiger partial charge is 0.290 e. The zero-order valence-electron chi connectivity index (χ0n) is 17.4. The van der Waals surface area contributed by atoms with Crippen LogP contribution >= 0.6 is 11.6 Å². The van der Waals surface area contributed by atoms with Crippen molar-refractivity contribution in [1.29, 1.82) is 0 Å². The first-order chi connectivity index (χ1) is 14.9. The van der Waals surface area contributed by atoms with Crippen LogP contribution in [-0.4, -0.2) is 42.8 Å². The first kappa shape index (κ1) is 21.2. The number of aromatic hydroxyl groups is 1. The van der Waals surface area contributed by atoms with Crippen molar-refractivity contribution in [2.45, 2.75) is 19.9 Å². The lowest BCUT2D eigenvalue weighted by Gasteiger charge is -2.25. The van der Waals surface area contributed by atoms with Crippen LogP contribution in [0.1, 0.15) is 40.2 Å². The topological polar surface area (TPSA) is 89.2 Å². The highest BCUT2D eigenvalue weighted by Gasteiger charge is 2.42. The molecular weight excluding hydrogens is 422 g/mol. The fraction of sp³-hybridized carbons (Fsp3) is 0.304. The molecule has 0 bridgehead atoms. The molecule has 0 saturated heterocycles. The van der Waals surface area contributed by atoms with Crippen molar-refractivity contribution in [2.75, 3.05) is 26.9 Å². The molecule has 2 heterocycles. The number of phenols is 1. The van der Waals surface area contributed by atoms with Gasteiger partial charge in [0, 0.05) is 18.7 Å². The first-order valence-corrected chi connectivity index (χ1v) is 10.3. The number of aryl methyl sites for hydroxylation is 1. The number of benzene rings is 2. The summed E-state index contributed by atoms with van der Waals surface area (Å²) in [6, 6.07) is 7.31. The molecule has 7 nitrogen and oxygen atoms in total. The summed E-state index contributed by atoms with van der Waals surface area (Å²) < 4.78 is 16.6. The van der Waals surface area contributed by atoms with E-state index >= 15 is 0 Å². The fourth-order valence-corrected chi connectivity index (χ4v) is 4.04. The van der Waals surface area contributed by atoms with Gasteiger partial charge in [0.1, 0.15) is 5.58 Å². The molecule has 0 spiro atoms. The van der Waals surface area contributed by atoms with E-state index < -0.39 is 11.9 Å².